The zero-order valence-electron chi connectivity index (χ0n) is 12.1. The summed E-state index contributed by atoms with van der Waals surface area (Å²) < 4.78 is 26.6. The van der Waals surface area contributed by atoms with Crippen molar-refractivity contribution in [2.24, 2.45) is 0 Å². The van der Waals surface area contributed by atoms with Crippen molar-refractivity contribution in [2.75, 3.05) is 25.0 Å². The van der Waals surface area contributed by atoms with Gasteiger partial charge in [0.15, 0.2) is 0 Å². The van der Waals surface area contributed by atoms with E-state index in [2.05, 4.69) is 16.6 Å². The summed E-state index contributed by atoms with van der Waals surface area (Å²) in [5.41, 5.74) is 1.36. The average molecular weight is 323 g/mol. The van der Waals surface area contributed by atoms with E-state index in [0.717, 1.165) is 0 Å². The molecule has 2 amide bonds. The molecule has 0 aliphatic carbocycles. The lowest BCUT2D eigenvalue weighted by Gasteiger charge is -2.11. The maximum Gasteiger partial charge on any atom is 0.241 e. The number of fused-ring (bicyclic) bond motifs is 1. The summed E-state index contributed by atoms with van der Waals surface area (Å²) in [7, 11) is -2.16. The largest absolute Gasteiger partial charge is 0.352 e. The van der Waals surface area contributed by atoms with Gasteiger partial charge in [-0.15, -0.1) is 6.58 Å². The summed E-state index contributed by atoms with van der Waals surface area (Å²) >= 11 is 0. The first kappa shape index (κ1) is 16.2. The van der Waals surface area contributed by atoms with Crippen molar-refractivity contribution in [3.05, 3.63) is 36.4 Å². The zero-order chi connectivity index (χ0) is 16.3. The topological polar surface area (TPSA) is 95.6 Å². The number of anilines is 1. The highest BCUT2D eigenvalue weighted by atomic mass is 32.2. The van der Waals surface area contributed by atoms with E-state index >= 15 is 0 Å². The fourth-order valence-corrected chi connectivity index (χ4v) is 3.14. The summed E-state index contributed by atoms with van der Waals surface area (Å²) in [4.78, 5) is 24.5. The van der Waals surface area contributed by atoms with E-state index < -0.39 is 15.9 Å². The number of amides is 2. The number of nitrogens with one attached hydrogen (secondary N) is 2. The lowest BCUT2D eigenvalue weighted by molar-refractivity contribution is -0.119. The Labute approximate surface area is 129 Å². The molecule has 0 unspecified atom stereocenters. The number of hydrogen-bond acceptors (Lipinski definition) is 4. The first-order chi connectivity index (χ1) is 10.3. The fraction of sp³-hybridized carbons (Fsp3) is 0.286. The van der Waals surface area contributed by atoms with E-state index in [1.54, 1.807) is 13.1 Å². The third-order valence-electron chi connectivity index (χ3n) is 3.30. The van der Waals surface area contributed by atoms with Crippen LogP contribution >= 0.6 is 0 Å². The van der Waals surface area contributed by atoms with Crippen molar-refractivity contribution in [3.8, 4) is 0 Å². The second-order valence-electron chi connectivity index (χ2n) is 4.84. The Morgan fingerprint density at radius 3 is 2.86 bits per heavy atom. The second kappa shape index (κ2) is 6.29. The van der Waals surface area contributed by atoms with E-state index in [1.165, 1.54) is 23.1 Å². The number of rotatable bonds is 6. The maximum atomic E-state index is 12.2. The number of likely N-dealkylation sites (N-methyl/N-ethyl adjacent to an activating group) is 1. The first-order valence-corrected chi connectivity index (χ1v) is 8.10. The van der Waals surface area contributed by atoms with E-state index in [9.17, 15) is 18.0 Å². The van der Waals surface area contributed by atoms with Crippen molar-refractivity contribution in [2.45, 2.75) is 11.3 Å². The Bertz CT molecular complexity index is 728. The molecule has 0 spiro atoms. The van der Waals surface area contributed by atoms with Crippen molar-refractivity contribution in [3.63, 3.8) is 0 Å². The van der Waals surface area contributed by atoms with Gasteiger partial charge >= 0.3 is 0 Å². The van der Waals surface area contributed by atoms with Gasteiger partial charge in [0.2, 0.25) is 21.8 Å². The SMILES string of the molecule is C=CCNC(=O)CNS(=O)(=O)c1ccc2c(c1)CC(=O)N2C. The molecule has 8 heteroatoms. The molecule has 2 N–H and O–H groups in total. The van der Waals surface area contributed by atoms with Crippen LogP contribution in [0.2, 0.25) is 0 Å². The van der Waals surface area contributed by atoms with Crippen LogP contribution in [0.25, 0.3) is 0 Å². The highest BCUT2D eigenvalue weighted by molar-refractivity contribution is 7.89. The van der Waals surface area contributed by atoms with Crippen LogP contribution < -0.4 is 14.9 Å². The molecule has 0 bridgehead atoms. The zero-order valence-corrected chi connectivity index (χ0v) is 12.9. The molecule has 1 aromatic rings. The Morgan fingerprint density at radius 2 is 2.18 bits per heavy atom. The Kier molecular flexibility index (Phi) is 4.62. The molecule has 1 heterocycles. The van der Waals surface area contributed by atoms with Crippen LogP contribution in [0.5, 0.6) is 0 Å². The van der Waals surface area contributed by atoms with Gasteiger partial charge in [0.25, 0.3) is 0 Å². The lowest BCUT2D eigenvalue weighted by Crippen LogP contribution is -2.36. The molecule has 0 saturated heterocycles. The van der Waals surface area contributed by atoms with Gasteiger partial charge in [-0.25, -0.2) is 13.1 Å². The van der Waals surface area contributed by atoms with Crippen molar-refractivity contribution >= 4 is 27.5 Å². The molecule has 0 radical (unpaired) electrons. The molecule has 118 valence electrons. The standard InChI is InChI=1S/C14H17N3O4S/c1-3-6-15-13(18)9-16-22(20,21)11-4-5-12-10(7-11)8-14(19)17(12)2/h3-5,7,16H,1,6,8-9H2,2H3,(H,15,18). The molecule has 22 heavy (non-hydrogen) atoms. The van der Waals surface area contributed by atoms with Crippen LogP contribution in [0.4, 0.5) is 5.69 Å². The van der Waals surface area contributed by atoms with E-state index in [0.29, 0.717) is 11.3 Å². The molecule has 1 aromatic carbocycles. The summed E-state index contributed by atoms with van der Waals surface area (Å²) in [5.74, 6) is -0.527. The van der Waals surface area contributed by atoms with Crippen molar-refractivity contribution in [1.29, 1.82) is 0 Å². The van der Waals surface area contributed by atoms with E-state index in [4.69, 9.17) is 0 Å². The molecule has 2 rings (SSSR count). The van der Waals surface area contributed by atoms with Gasteiger partial charge < -0.3 is 10.2 Å². The monoisotopic (exact) mass is 323 g/mol. The number of carbonyl (C=O) groups excluding carboxylic acids is 2. The molecule has 7 nitrogen and oxygen atoms in total. The summed E-state index contributed by atoms with van der Waals surface area (Å²) in [6.07, 6.45) is 1.68. The average Bonchev–Trinajstić information content (AvgIpc) is 2.77. The molecule has 0 saturated carbocycles. The van der Waals surface area contributed by atoms with Crippen LogP contribution in [0.3, 0.4) is 0 Å². The van der Waals surface area contributed by atoms with Crippen LogP contribution in [0, 0.1) is 0 Å². The van der Waals surface area contributed by atoms with Crippen molar-refractivity contribution < 1.29 is 18.0 Å². The van der Waals surface area contributed by atoms with Crippen LogP contribution in [0.15, 0.2) is 35.7 Å². The quantitative estimate of drug-likeness (QED) is 0.708. The normalized spacial score (nSPS) is 13.9. The highest BCUT2D eigenvalue weighted by Crippen LogP contribution is 2.29. The Morgan fingerprint density at radius 1 is 1.45 bits per heavy atom. The molecule has 0 atom stereocenters. The Hall–Kier alpha value is -2.19. The second-order valence-corrected chi connectivity index (χ2v) is 6.60. The van der Waals surface area contributed by atoms with E-state index in [-0.39, 0.29) is 30.3 Å². The van der Waals surface area contributed by atoms with Crippen LogP contribution in [-0.2, 0) is 26.0 Å². The predicted octanol–water partition coefficient (Wildman–Crippen LogP) is -0.214. The minimum atomic E-state index is -3.80. The summed E-state index contributed by atoms with van der Waals surface area (Å²) in [5, 5.41) is 2.47. The van der Waals surface area contributed by atoms with E-state index in [1.807, 2.05) is 0 Å². The number of nitrogens with zero attached hydrogens (tertiary/aromatic N) is 1. The first-order valence-electron chi connectivity index (χ1n) is 6.62. The smallest absolute Gasteiger partial charge is 0.241 e. The molecule has 0 fully saturated rings. The minimum absolute atomic E-state index is 0.0332. The highest BCUT2D eigenvalue weighted by Gasteiger charge is 2.26. The third-order valence-corrected chi connectivity index (χ3v) is 4.70. The van der Waals surface area contributed by atoms with Gasteiger partial charge in [0, 0.05) is 19.3 Å². The number of benzene rings is 1. The Balaban J connectivity index is 2.11. The summed E-state index contributed by atoms with van der Waals surface area (Å²) in [6, 6.07) is 4.46. The minimum Gasteiger partial charge on any atom is -0.352 e. The lowest BCUT2D eigenvalue weighted by atomic mass is 10.2. The molecule has 1 aliphatic heterocycles. The fourth-order valence-electron chi connectivity index (χ4n) is 2.11. The molecular formula is C14H17N3O4S. The van der Waals surface area contributed by atoms with Crippen LogP contribution in [0.1, 0.15) is 5.56 Å². The molecule has 0 aromatic heterocycles. The number of hydrogen-bond donors (Lipinski definition) is 2. The van der Waals surface area contributed by atoms with Gasteiger partial charge in [-0.1, -0.05) is 6.08 Å². The number of sulfonamides is 1. The third kappa shape index (κ3) is 3.34. The van der Waals surface area contributed by atoms with Crippen molar-refractivity contribution in [1.82, 2.24) is 10.0 Å². The predicted molar refractivity (Wildman–Crippen MR) is 82.0 cm³/mol. The van der Waals surface area contributed by atoms with Gasteiger partial charge in [-0.3, -0.25) is 9.59 Å². The van der Waals surface area contributed by atoms with Gasteiger partial charge in [-0.2, -0.15) is 0 Å². The van der Waals surface area contributed by atoms with Gasteiger partial charge in [-0.05, 0) is 23.8 Å². The molecule has 1 aliphatic rings. The van der Waals surface area contributed by atoms with Crippen LogP contribution in [-0.4, -0.2) is 40.4 Å². The van der Waals surface area contributed by atoms with Gasteiger partial charge in [0.1, 0.15) is 0 Å². The maximum absolute atomic E-state index is 12.2. The number of carbonyl (C=O) groups is 2. The summed E-state index contributed by atoms with van der Waals surface area (Å²) in [6.45, 7) is 3.37. The molecular weight excluding hydrogens is 306 g/mol. The van der Waals surface area contributed by atoms with Gasteiger partial charge in [0.05, 0.1) is 17.9 Å².